The first kappa shape index (κ1) is 22.4. The van der Waals surface area contributed by atoms with Crippen molar-refractivity contribution in [1.82, 2.24) is 0 Å². The Labute approximate surface area is 187 Å². The number of amides is 2. The van der Waals surface area contributed by atoms with Crippen molar-refractivity contribution in [3.05, 3.63) is 83.4 Å². The van der Waals surface area contributed by atoms with Crippen molar-refractivity contribution in [3.8, 4) is 5.75 Å². The second-order valence-corrected chi connectivity index (χ2v) is 8.06. The van der Waals surface area contributed by atoms with Gasteiger partial charge in [-0.3, -0.25) is 9.59 Å². The zero-order chi connectivity index (χ0) is 22.2. The maximum atomic E-state index is 12.4. The second-order valence-electron chi connectivity index (χ2n) is 7.01. The van der Waals surface area contributed by atoms with E-state index < -0.39 is 0 Å². The van der Waals surface area contributed by atoms with Crippen LogP contribution in [0.1, 0.15) is 28.4 Å². The molecule has 0 aliphatic carbocycles. The number of thioether (sulfide) groups is 1. The van der Waals surface area contributed by atoms with E-state index >= 15 is 0 Å². The van der Waals surface area contributed by atoms with Crippen LogP contribution in [-0.2, 0) is 11.2 Å². The minimum absolute atomic E-state index is 0.0362. The Hall–Kier alpha value is -3.25. The largest absolute Gasteiger partial charge is 0.497 e. The highest BCUT2D eigenvalue weighted by Gasteiger charge is 2.10. The topological polar surface area (TPSA) is 67.4 Å². The fourth-order valence-electron chi connectivity index (χ4n) is 3.11. The van der Waals surface area contributed by atoms with Gasteiger partial charge >= 0.3 is 0 Å². The van der Waals surface area contributed by atoms with Crippen LogP contribution in [0.4, 0.5) is 11.4 Å². The standard InChI is InChI=1S/C25H26N2O3S/c1-4-18-7-5-6-17(2)24(18)27-23(28)16-31-22-14-10-20(11-15-22)26-25(29)19-8-12-21(30-3)13-9-19/h5-15H,4,16H2,1-3H3,(H,26,29)(H,27,28). The van der Waals surface area contributed by atoms with Crippen LogP contribution in [0.25, 0.3) is 0 Å². The Morgan fingerprint density at radius 3 is 2.29 bits per heavy atom. The van der Waals surface area contributed by atoms with E-state index in [9.17, 15) is 9.59 Å². The van der Waals surface area contributed by atoms with Crippen LogP contribution < -0.4 is 15.4 Å². The molecule has 0 aliphatic rings. The van der Waals surface area contributed by atoms with Crippen LogP contribution >= 0.6 is 11.8 Å². The van der Waals surface area contributed by atoms with Crippen LogP contribution in [0.3, 0.4) is 0 Å². The van der Waals surface area contributed by atoms with E-state index in [2.05, 4.69) is 17.6 Å². The molecule has 3 aromatic carbocycles. The number of carbonyl (C=O) groups is 2. The molecule has 0 aliphatic heterocycles. The van der Waals surface area contributed by atoms with E-state index in [1.165, 1.54) is 11.8 Å². The molecule has 31 heavy (non-hydrogen) atoms. The smallest absolute Gasteiger partial charge is 0.255 e. The molecule has 0 unspecified atom stereocenters. The molecule has 3 aromatic rings. The van der Waals surface area contributed by atoms with Crippen molar-refractivity contribution in [1.29, 1.82) is 0 Å². The van der Waals surface area contributed by atoms with Gasteiger partial charge in [-0.05, 0) is 73.0 Å². The Morgan fingerprint density at radius 1 is 0.935 bits per heavy atom. The predicted molar refractivity (Wildman–Crippen MR) is 127 cm³/mol. The molecule has 0 bridgehead atoms. The first-order valence-corrected chi connectivity index (χ1v) is 11.0. The highest BCUT2D eigenvalue weighted by atomic mass is 32.2. The number of aryl methyl sites for hydroxylation is 2. The summed E-state index contributed by atoms with van der Waals surface area (Å²) in [6.07, 6.45) is 0.869. The van der Waals surface area contributed by atoms with Gasteiger partial charge in [0.15, 0.2) is 0 Å². The molecule has 0 fully saturated rings. The molecule has 6 heteroatoms. The molecule has 5 nitrogen and oxygen atoms in total. The molecule has 0 aromatic heterocycles. The van der Waals surface area contributed by atoms with Crippen LogP contribution in [-0.4, -0.2) is 24.7 Å². The van der Waals surface area contributed by atoms with Crippen molar-refractivity contribution in [2.24, 2.45) is 0 Å². The highest BCUT2D eigenvalue weighted by molar-refractivity contribution is 8.00. The molecular formula is C25H26N2O3S. The summed E-state index contributed by atoms with van der Waals surface area (Å²) >= 11 is 1.46. The normalized spacial score (nSPS) is 10.4. The summed E-state index contributed by atoms with van der Waals surface area (Å²) in [5.41, 5.74) is 4.36. The Kier molecular flexibility index (Phi) is 7.73. The highest BCUT2D eigenvalue weighted by Crippen LogP contribution is 2.24. The van der Waals surface area contributed by atoms with Crippen molar-refractivity contribution in [3.63, 3.8) is 0 Å². The Morgan fingerprint density at radius 2 is 1.65 bits per heavy atom. The molecule has 0 atom stereocenters. The van der Waals surface area contributed by atoms with Gasteiger partial charge in [0, 0.05) is 21.8 Å². The maximum absolute atomic E-state index is 12.4. The summed E-state index contributed by atoms with van der Waals surface area (Å²) in [5.74, 6) is 0.795. The molecule has 2 amide bonds. The lowest BCUT2D eigenvalue weighted by molar-refractivity contribution is -0.113. The van der Waals surface area contributed by atoms with E-state index in [0.717, 1.165) is 28.1 Å². The van der Waals surface area contributed by atoms with Gasteiger partial charge in [-0.2, -0.15) is 0 Å². The second kappa shape index (κ2) is 10.7. The first-order chi connectivity index (χ1) is 15.0. The summed E-state index contributed by atoms with van der Waals surface area (Å²) in [6.45, 7) is 4.08. The van der Waals surface area contributed by atoms with Gasteiger partial charge < -0.3 is 15.4 Å². The maximum Gasteiger partial charge on any atom is 0.255 e. The van der Waals surface area contributed by atoms with Gasteiger partial charge in [-0.25, -0.2) is 0 Å². The summed E-state index contributed by atoms with van der Waals surface area (Å²) in [7, 11) is 1.59. The molecule has 160 valence electrons. The monoisotopic (exact) mass is 434 g/mol. The molecule has 3 rings (SSSR count). The molecule has 0 saturated heterocycles. The third-order valence-corrected chi connectivity index (χ3v) is 5.85. The van der Waals surface area contributed by atoms with Crippen LogP contribution in [0, 0.1) is 6.92 Å². The van der Waals surface area contributed by atoms with Crippen molar-refractivity contribution in [2.75, 3.05) is 23.5 Å². The summed E-state index contributed by atoms with van der Waals surface area (Å²) in [4.78, 5) is 25.7. The molecule has 0 heterocycles. The third kappa shape index (κ3) is 6.12. The molecule has 0 spiro atoms. The number of hydrogen-bond acceptors (Lipinski definition) is 4. The van der Waals surface area contributed by atoms with Gasteiger partial charge in [-0.15, -0.1) is 11.8 Å². The van der Waals surface area contributed by atoms with Crippen molar-refractivity contribution >= 4 is 35.0 Å². The fraction of sp³-hybridized carbons (Fsp3) is 0.200. The van der Waals surface area contributed by atoms with Gasteiger partial charge in [0.1, 0.15) is 5.75 Å². The quantitative estimate of drug-likeness (QED) is 0.456. The van der Waals surface area contributed by atoms with Crippen LogP contribution in [0.15, 0.2) is 71.6 Å². The number of para-hydroxylation sites is 1. The average molecular weight is 435 g/mol. The SMILES string of the molecule is CCc1cccc(C)c1NC(=O)CSc1ccc(NC(=O)c2ccc(OC)cc2)cc1. The number of anilines is 2. The van der Waals surface area contributed by atoms with E-state index in [1.807, 2.05) is 49.4 Å². The minimum Gasteiger partial charge on any atom is -0.497 e. The third-order valence-electron chi connectivity index (χ3n) is 4.84. The van der Waals surface area contributed by atoms with E-state index in [-0.39, 0.29) is 11.8 Å². The van der Waals surface area contributed by atoms with Crippen molar-refractivity contribution in [2.45, 2.75) is 25.2 Å². The van der Waals surface area contributed by atoms with Crippen LogP contribution in [0.2, 0.25) is 0 Å². The average Bonchev–Trinajstić information content (AvgIpc) is 2.80. The molecule has 0 radical (unpaired) electrons. The lowest BCUT2D eigenvalue weighted by Gasteiger charge is -2.13. The Balaban J connectivity index is 1.53. The summed E-state index contributed by atoms with van der Waals surface area (Å²) < 4.78 is 5.11. The molecular weight excluding hydrogens is 408 g/mol. The van der Waals surface area contributed by atoms with E-state index in [1.54, 1.807) is 31.4 Å². The molecule has 0 saturated carbocycles. The summed E-state index contributed by atoms with van der Waals surface area (Å²) in [5, 5.41) is 5.91. The van der Waals surface area contributed by atoms with Crippen molar-refractivity contribution < 1.29 is 14.3 Å². The van der Waals surface area contributed by atoms with E-state index in [4.69, 9.17) is 4.74 Å². The predicted octanol–water partition coefficient (Wildman–Crippen LogP) is 5.55. The van der Waals surface area contributed by atoms with Gasteiger partial charge in [0.05, 0.1) is 12.9 Å². The van der Waals surface area contributed by atoms with Crippen LogP contribution in [0.5, 0.6) is 5.75 Å². The molecule has 2 N–H and O–H groups in total. The number of rotatable bonds is 8. The number of nitrogens with one attached hydrogen (secondary N) is 2. The minimum atomic E-state index is -0.188. The number of carbonyl (C=O) groups excluding carboxylic acids is 2. The van der Waals surface area contributed by atoms with E-state index in [0.29, 0.717) is 22.8 Å². The Bertz CT molecular complexity index is 1050. The zero-order valence-electron chi connectivity index (χ0n) is 17.9. The summed E-state index contributed by atoms with van der Waals surface area (Å²) in [6, 6.07) is 20.4. The number of benzene rings is 3. The number of methoxy groups -OCH3 is 1. The zero-order valence-corrected chi connectivity index (χ0v) is 18.7. The lowest BCUT2D eigenvalue weighted by Crippen LogP contribution is -2.16. The van der Waals surface area contributed by atoms with Gasteiger partial charge in [0.25, 0.3) is 5.91 Å². The first-order valence-electron chi connectivity index (χ1n) is 10.1. The number of hydrogen-bond donors (Lipinski definition) is 2. The fourth-order valence-corrected chi connectivity index (χ4v) is 3.81. The van der Waals surface area contributed by atoms with Gasteiger partial charge in [-0.1, -0.05) is 25.1 Å². The lowest BCUT2D eigenvalue weighted by atomic mass is 10.1. The number of ether oxygens (including phenoxy) is 1. The van der Waals surface area contributed by atoms with Gasteiger partial charge in [0.2, 0.25) is 5.91 Å².